The van der Waals surface area contributed by atoms with Crippen LogP contribution >= 0.6 is 0 Å². The second-order valence-corrected chi connectivity index (χ2v) is 8.69. The molecule has 0 bridgehead atoms. The van der Waals surface area contributed by atoms with Crippen molar-refractivity contribution in [2.45, 2.75) is 89.9 Å². The maximum absolute atomic E-state index is 6.23. The molecule has 5 nitrogen and oxygen atoms in total. The van der Waals surface area contributed by atoms with Crippen LogP contribution in [0.5, 0.6) is 0 Å². The van der Waals surface area contributed by atoms with Gasteiger partial charge in [-0.05, 0) is 61.8 Å². The Morgan fingerprint density at radius 1 is 0.696 bits per heavy atom. The van der Waals surface area contributed by atoms with Crippen molar-refractivity contribution in [3.05, 3.63) is 0 Å². The molecule has 2 aliphatic heterocycles. The Labute approximate surface area is 142 Å². The lowest BCUT2D eigenvalue weighted by Gasteiger charge is -2.32. The van der Waals surface area contributed by atoms with Gasteiger partial charge in [0.2, 0.25) is 0 Å². The standard InChI is InChI=1S/C16H32B2O5/c1-13(2)14(3,4)21-17(20-13)12(10-11-19-9)18-22-15(5,6)16(7,8)23-18/h12H,10-11H2,1-9H3. The highest BCUT2D eigenvalue weighted by atomic mass is 16.7. The molecule has 0 atom stereocenters. The second-order valence-electron chi connectivity index (χ2n) is 8.69. The fourth-order valence-corrected chi connectivity index (χ4v) is 2.78. The van der Waals surface area contributed by atoms with E-state index in [1.54, 1.807) is 7.11 Å². The van der Waals surface area contributed by atoms with Gasteiger partial charge in [-0.1, -0.05) is 0 Å². The minimum atomic E-state index is -0.371. The summed E-state index contributed by atoms with van der Waals surface area (Å²) in [6.45, 7) is 17.1. The largest absolute Gasteiger partial charge is 0.458 e. The number of methoxy groups -OCH3 is 1. The first-order valence-corrected chi connectivity index (χ1v) is 8.53. The molecule has 2 saturated heterocycles. The normalized spacial score (nSPS) is 27.9. The minimum absolute atomic E-state index is 0.0444. The van der Waals surface area contributed by atoms with Crippen molar-refractivity contribution in [1.29, 1.82) is 0 Å². The molecule has 23 heavy (non-hydrogen) atoms. The van der Waals surface area contributed by atoms with E-state index < -0.39 is 0 Å². The molecule has 2 fully saturated rings. The van der Waals surface area contributed by atoms with Gasteiger partial charge in [0.1, 0.15) is 0 Å². The number of hydrogen-bond acceptors (Lipinski definition) is 5. The molecule has 0 unspecified atom stereocenters. The van der Waals surface area contributed by atoms with E-state index in [4.69, 9.17) is 23.4 Å². The van der Waals surface area contributed by atoms with Crippen molar-refractivity contribution >= 4 is 14.2 Å². The van der Waals surface area contributed by atoms with E-state index in [1.165, 1.54) is 0 Å². The minimum Gasteiger partial charge on any atom is -0.403 e. The van der Waals surface area contributed by atoms with Crippen molar-refractivity contribution in [3.63, 3.8) is 0 Å². The van der Waals surface area contributed by atoms with Gasteiger partial charge in [-0.2, -0.15) is 0 Å². The highest BCUT2D eigenvalue weighted by Gasteiger charge is 2.61. The lowest BCUT2D eigenvalue weighted by Crippen LogP contribution is -2.41. The van der Waals surface area contributed by atoms with Crippen LogP contribution in [0.25, 0.3) is 0 Å². The average molecular weight is 326 g/mol. The van der Waals surface area contributed by atoms with Crippen molar-refractivity contribution in [2.24, 2.45) is 0 Å². The third-order valence-corrected chi connectivity index (χ3v) is 5.90. The Kier molecular flexibility index (Phi) is 5.04. The molecule has 0 aromatic heterocycles. The first kappa shape index (κ1) is 19.3. The van der Waals surface area contributed by atoms with Gasteiger partial charge in [-0.25, -0.2) is 0 Å². The van der Waals surface area contributed by atoms with Gasteiger partial charge in [-0.15, -0.1) is 0 Å². The average Bonchev–Trinajstić information content (AvgIpc) is 2.69. The Hall–Kier alpha value is -0.0701. The van der Waals surface area contributed by atoms with Crippen molar-refractivity contribution in [3.8, 4) is 0 Å². The molecule has 0 aromatic rings. The Morgan fingerprint density at radius 2 is 1.00 bits per heavy atom. The number of ether oxygens (including phenoxy) is 1. The van der Waals surface area contributed by atoms with Crippen LogP contribution in [-0.4, -0.2) is 50.4 Å². The molecular formula is C16H32B2O5. The van der Waals surface area contributed by atoms with E-state index >= 15 is 0 Å². The SMILES string of the molecule is COCCC(B1OC(C)(C)C(C)(C)O1)B1OC(C)(C)C(C)(C)O1. The molecule has 0 amide bonds. The molecule has 2 rings (SSSR count). The summed E-state index contributed by atoms with van der Waals surface area (Å²) in [6, 6.07) is 0. The summed E-state index contributed by atoms with van der Waals surface area (Å²) in [4.78, 5) is 0. The van der Waals surface area contributed by atoms with E-state index in [0.717, 1.165) is 6.42 Å². The van der Waals surface area contributed by atoms with E-state index in [1.807, 2.05) is 0 Å². The molecule has 132 valence electrons. The zero-order valence-electron chi connectivity index (χ0n) is 16.2. The smallest absolute Gasteiger partial charge is 0.403 e. The highest BCUT2D eigenvalue weighted by Crippen LogP contribution is 2.46. The van der Waals surface area contributed by atoms with Crippen LogP contribution in [0.2, 0.25) is 5.72 Å². The first-order valence-electron chi connectivity index (χ1n) is 8.53. The molecule has 0 saturated carbocycles. The van der Waals surface area contributed by atoms with Crippen molar-refractivity contribution in [2.75, 3.05) is 13.7 Å². The van der Waals surface area contributed by atoms with Gasteiger partial charge in [0.15, 0.2) is 0 Å². The van der Waals surface area contributed by atoms with Crippen LogP contribution in [0.1, 0.15) is 61.8 Å². The van der Waals surface area contributed by atoms with Gasteiger partial charge in [0, 0.05) is 19.4 Å². The Bertz CT molecular complexity index is 368. The van der Waals surface area contributed by atoms with Crippen molar-refractivity contribution < 1.29 is 23.4 Å². The third-order valence-electron chi connectivity index (χ3n) is 5.90. The maximum Gasteiger partial charge on any atom is 0.458 e. The van der Waals surface area contributed by atoms with Crippen LogP contribution < -0.4 is 0 Å². The quantitative estimate of drug-likeness (QED) is 0.727. The van der Waals surface area contributed by atoms with E-state index in [9.17, 15) is 0 Å². The summed E-state index contributed by atoms with van der Waals surface area (Å²) in [5.41, 5.74) is -1.52. The summed E-state index contributed by atoms with van der Waals surface area (Å²) in [7, 11) is 0.959. The van der Waals surface area contributed by atoms with Gasteiger partial charge >= 0.3 is 14.2 Å². The third kappa shape index (κ3) is 3.49. The van der Waals surface area contributed by atoms with Gasteiger partial charge in [-0.3, -0.25) is 0 Å². The first-order chi connectivity index (χ1) is 10.3. The van der Waals surface area contributed by atoms with Crippen molar-refractivity contribution in [1.82, 2.24) is 0 Å². The number of hydrogen-bond donors (Lipinski definition) is 0. The monoisotopic (exact) mass is 326 g/mol. The van der Waals surface area contributed by atoms with E-state index in [0.29, 0.717) is 6.61 Å². The second kappa shape index (κ2) is 6.03. The summed E-state index contributed by atoms with van der Waals surface area (Å²) < 4.78 is 30.2. The van der Waals surface area contributed by atoms with Gasteiger partial charge < -0.3 is 23.4 Å². The van der Waals surface area contributed by atoms with Crippen LogP contribution in [0, 0.1) is 0 Å². The van der Waals surface area contributed by atoms with Crippen LogP contribution in [-0.2, 0) is 23.4 Å². The fraction of sp³-hybridized carbons (Fsp3) is 1.00. The molecular weight excluding hydrogens is 294 g/mol. The summed E-state index contributed by atoms with van der Waals surface area (Å²) >= 11 is 0. The zero-order chi connectivity index (χ0) is 17.7. The fourth-order valence-electron chi connectivity index (χ4n) is 2.78. The molecule has 0 aliphatic carbocycles. The molecule has 7 heteroatoms. The Morgan fingerprint density at radius 3 is 1.26 bits per heavy atom. The van der Waals surface area contributed by atoms with Crippen LogP contribution in [0.3, 0.4) is 0 Å². The Balaban J connectivity index is 2.20. The zero-order valence-corrected chi connectivity index (χ0v) is 16.2. The van der Waals surface area contributed by atoms with E-state index in [2.05, 4.69) is 55.4 Å². The lowest BCUT2D eigenvalue weighted by atomic mass is 9.50. The van der Waals surface area contributed by atoms with Gasteiger partial charge in [0.25, 0.3) is 0 Å². The summed E-state index contributed by atoms with van der Waals surface area (Å²) in [6.07, 6.45) is 0.754. The molecule has 0 N–H and O–H groups in total. The molecule has 0 aromatic carbocycles. The molecule has 0 spiro atoms. The topological polar surface area (TPSA) is 46.2 Å². The molecule has 2 heterocycles. The van der Waals surface area contributed by atoms with Crippen LogP contribution in [0.4, 0.5) is 0 Å². The summed E-state index contributed by atoms with van der Waals surface area (Å²) in [5, 5.41) is 0. The number of rotatable bonds is 5. The highest BCUT2D eigenvalue weighted by molar-refractivity contribution is 6.68. The molecule has 0 radical (unpaired) electrons. The maximum atomic E-state index is 6.23. The van der Waals surface area contributed by atoms with Gasteiger partial charge in [0.05, 0.1) is 22.4 Å². The van der Waals surface area contributed by atoms with E-state index in [-0.39, 0.29) is 42.4 Å². The lowest BCUT2D eigenvalue weighted by molar-refractivity contribution is 0.00578. The van der Waals surface area contributed by atoms with Crippen LogP contribution in [0.15, 0.2) is 0 Å². The molecule has 2 aliphatic rings. The predicted octanol–water partition coefficient (Wildman–Crippen LogP) is 3.12. The summed E-state index contributed by atoms with van der Waals surface area (Å²) in [5.74, 6) is 0. The predicted molar refractivity (Wildman–Crippen MR) is 92.4 cm³/mol.